The molecule has 21 heteroatoms. The summed E-state index contributed by atoms with van der Waals surface area (Å²) < 4.78 is 38.2. The number of azide groups is 2. The molecule has 0 saturated heterocycles. The predicted molar refractivity (Wildman–Crippen MR) is 270 cm³/mol. The van der Waals surface area contributed by atoms with Gasteiger partial charge < -0.3 is 43.4 Å². The molecular formula is C46H64N6O11S2Si2. The number of benzene rings is 4. The SMILES string of the molecule is COCOc1ccc(OCCN=[N+]=[N-])c(CSc2ccccc2)c1C(=O)O.COCOc1ccc(OCCN=[N+]=[N-])c(CSc2ccccc2)c1C(=O)OCC[Si](C)(C)C.C[Si](C)(C)CCO. The Morgan fingerprint density at radius 1 is 0.597 bits per heavy atom. The van der Waals surface area contributed by atoms with Gasteiger partial charge in [0.1, 0.15) is 34.1 Å². The van der Waals surface area contributed by atoms with E-state index in [0.717, 1.165) is 21.9 Å². The lowest BCUT2D eigenvalue weighted by Crippen LogP contribution is -2.23. The molecule has 2 N–H and O–H groups in total. The standard InChI is InChI=1S/C23H31N3O5SSi.C18H19N3O5S.C5H14OSi/c1-28-17-31-21-11-10-20(29-13-12-25-26-24)19(16-32-18-8-6-5-7-9-18)22(21)23(27)30-14-15-33(2,3)4;1-24-12-26-16-8-7-15(25-10-9-20-21-19)14(17(16)18(22)23)11-27-13-5-3-2-4-6-13;1-7(2,3)5-4-6/h5-11H,12-17H2,1-4H3;2-8H,9-12H2,1H3,(H,22,23);6H,4-5H2,1-3H3. The third-order valence-electron chi connectivity index (χ3n) is 8.77. The Hall–Kier alpha value is -5.35. The summed E-state index contributed by atoms with van der Waals surface area (Å²) in [5, 5.41) is 25.1. The Kier molecular flexibility index (Phi) is 27.9. The molecule has 4 aromatic carbocycles. The van der Waals surface area contributed by atoms with Gasteiger partial charge in [0.05, 0.1) is 32.9 Å². The van der Waals surface area contributed by atoms with Crippen molar-refractivity contribution in [2.24, 2.45) is 10.2 Å². The van der Waals surface area contributed by atoms with E-state index >= 15 is 0 Å². The highest BCUT2D eigenvalue weighted by molar-refractivity contribution is 7.98. The summed E-state index contributed by atoms with van der Waals surface area (Å²) in [6, 6.07) is 28.0. The van der Waals surface area contributed by atoms with E-state index in [1.807, 2.05) is 60.7 Å². The Bertz CT molecular complexity index is 2190. The van der Waals surface area contributed by atoms with Crippen molar-refractivity contribution >= 4 is 51.6 Å². The number of carboxylic acids is 1. The molecule has 0 bridgehead atoms. The quantitative estimate of drug-likeness (QED) is 0.00827. The molecule has 0 radical (unpaired) electrons. The highest BCUT2D eigenvalue weighted by atomic mass is 32.2. The lowest BCUT2D eigenvalue weighted by atomic mass is 10.1. The largest absolute Gasteiger partial charge is 0.493 e. The fraction of sp³-hybridized carbons (Fsp3) is 0.435. The number of rotatable bonds is 27. The minimum Gasteiger partial charge on any atom is -0.493 e. The second-order valence-electron chi connectivity index (χ2n) is 16.5. The number of hydrogen-bond acceptors (Lipinski definition) is 14. The number of carboxylic acid groups (broad SMARTS) is 1. The zero-order valence-electron chi connectivity index (χ0n) is 39.6. The first-order chi connectivity index (χ1) is 32.1. The monoisotopic (exact) mass is 996 g/mol. The topological polar surface area (TPSA) is 237 Å². The number of aliphatic hydroxyl groups excluding tert-OH is 1. The van der Waals surface area contributed by atoms with Crippen molar-refractivity contribution in [3.05, 3.63) is 128 Å². The molecule has 4 aromatic rings. The maximum Gasteiger partial charge on any atom is 0.342 e. The first kappa shape index (κ1) is 57.8. The summed E-state index contributed by atoms with van der Waals surface area (Å²) in [6.45, 7) is 14.8. The summed E-state index contributed by atoms with van der Waals surface area (Å²) in [6.07, 6.45) is 0. The van der Waals surface area contributed by atoms with E-state index in [0.29, 0.717) is 58.7 Å². The molecule has 67 heavy (non-hydrogen) atoms. The number of aromatic carboxylic acids is 1. The molecule has 0 aliphatic carbocycles. The van der Waals surface area contributed by atoms with E-state index in [1.54, 1.807) is 30.0 Å². The summed E-state index contributed by atoms with van der Waals surface area (Å²) in [4.78, 5) is 32.6. The Balaban J connectivity index is 0.000000408. The molecule has 0 aromatic heterocycles. The van der Waals surface area contributed by atoms with Crippen LogP contribution in [-0.4, -0.2) is 106 Å². The van der Waals surface area contributed by atoms with Gasteiger partial charge in [-0.1, -0.05) is 85.9 Å². The lowest BCUT2D eigenvalue weighted by Gasteiger charge is -2.20. The summed E-state index contributed by atoms with van der Waals surface area (Å²) in [5.41, 5.74) is 18.4. The average molecular weight is 997 g/mol. The van der Waals surface area contributed by atoms with Crippen molar-refractivity contribution in [1.82, 2.24) is 0 Å². The maximum atomic E-state index is 13.2. The van der Waals surface area contributed by atoms with Crippen LogP contribution in [0.5, 0.6) is 23.0 Å². The molecule has 0 aliphatic heterocycles. The summed E-state index contributed by atoms with van der Waals surface area (Å²) in [7, 11) is 0.704. The van der Waals surface area contributed by atoms with Crippen LogP contribution in [-0.2, 0) is 25.7 Å². The van der Waals surface area contributed by atoms with Crippen molar-refractivity contribution in [2.45, 2.75) is 72.7 Å². The van der Waals surface area contributed by atoms with E-state index in [9.17, 15) is 14.7 Å². The van der Waals surface area contributed by atoms with Crippen molar-refractivity contribution in [3.8, 4) is 23.0 Å². The summed E-state index contributed by atoms with van der Waals surface area (Å²) >= 11 is 3.06. The number of hydrogen-bond donors (Lipinski definition) is 2. The van der Waals surface area contributed by atoms with E-state index in [4.69, 9.17) is 49.3 Å². The van der Waals surface area contributed by atoms with Crippen LogP contribution in [0.3, 0.4) is 0 Å². The Labute approximate surface area is 404 Å². The van der Waals surface area contributed by atoms with Crippen LogP contribution in [0, 0.1) is 0 Å². The number of aliphatic hydroxyl groups is 1. The molecular weight excluding hydrogens is 933 g/mol. The van der Waals surface area contributed by atoms with Crippen LogP contribution in [0.15, 0.2) is 105 Å². The van der Waals surface area contributed by atoms with E-state index in [1.165, 1.54) is 32.0 Å². The molecule has 0 amide bonds. The normalized spacial score (nSPS) is 10.7. The van der Waals surface area contributed by atoms with Gasteiger partial charge in [-0.2, -0.15) is 0 Å². The molecule has 0 saturated carbocycles. The zero-order chi connectivity index (χ0) is 49.5. The molecule has 0 atom stereocenters. The highest BCUT2D eigenvalue weighted by Gasteiger charge is 2.25. The summed E-state index contributed by atoms with van der Waals surface area (Å²) in [5.74, 6) is 0.767. The predicted octanol–water partition coefficient (Wildman–Crippen LogP) is 11.8. The molecule has 4 rings (SSSR count). The molecule has 0 aliphatic rings. The van der Waals surface area contributed by atoms with E-state index < -0.39 is 28.1 Å². The van der Waals surface area contributed by atoms with E-state index in [2.05, 4.69) is 59.3 Å². The van der Waals surface area contributed by atoms with Gasteiger partial charge in [-0.05, 0) is 71.7 Å². The van der Waals surface area contributed by atoms with Gasteiger partial charge in [0.2, 0.25) is 0 Å². The van der Waals surface area contributed by atoms with Crippen LogP contribution in [0.4, 0.5) is 0 Å². The number of methoxy groups -OCH3 is 2. The van der Waals surface area contributed by atoms with Gasteiger partial charge in [-0.15, -0.1) is 23.5 Å². The fourth-order valence-electron chi connectivity index (χ4n) is 5.40. The number of carbonyl (C=O) groups excluding carboxylic acids is 1. The third kappa shape index (κ3) is 23.8. The molecule has 0 heterocycles. The van der Waals surface area contributed by atoms with Crippen molar-refractivity contribution < 1.29 is 53.0 Å². The molecule has 0 unspecified atom stereocenters. The minimum absolute atomic E-state index is 0.00244. The van der Waals surface area contributed by atoms with Crippen molar-refractivity contribution in [2.75, 3.05) is 67.3 Å². The van der Waals surface area contributed by atoms with Crippen LogP contribution in [0.2, 0.25) is 51.4 Å². The van der Waals surface area contributed by atoms with Crippen LogP contribution < -0.4 is 18.9 Å². The molecule has 17 nitrogen and oxygen atoms in total. The van der Waals surface area contributed by atoms with Gasteiger partial charge in [0.25, 0.3) is 0 Å². The number of nitrogens with zero attached hydrogens (tertiary/aromatic N) is 6. The van der Waals surface area contributed by atoms with Crippen LogP contribution >= 0.6 is 23.5 Å². The first-order valence-corrected chi connectivity index (χ1v) is 30.7. The molecule has 0 spiro atoms. The van der Waals surface area contributed by atoms with Gasteiger partial charge in [0.15, 0.2) is 13.6 Å². The molecule has 364 valence electrons. The fourth-order valence-corrected chi connectivity index (χ4v) is 8.68. The average Bonchev–Trinajstić information content (AvgIpc) is 3.29. The minimum atomic E-state index is -1.37. The third-order valence-corrected chi connectivity index (χ3v) is 14.3. The van der Waals surface area contributed by atoms with Crippen LogP contribution in [0.25, 0.3) is 20.9 Å². The van der Waals surface area contributed by atoms with Gasteiger partial charge >= 0.3 is 11.9 Å². The first-order valence-electron chi connectivity index (χ1n) is 21.3. The smallest absolute Gasteiger partial charge is 0.342 e. The molecule has 0 fully saturated rings. The highest BCUT2D eigenvalue weighted by Crippen LogP contribution is 2.38. The van der Waals surface area contributed by atoms with E-state index in [-0.39, 0.29) is 51.2 Å². The Morgan fingerprint density at radius 3 is 1.39 bits per heavy atom. The van der Waals surface area contributed by atoms with Crippen molar-refractivity contribution in [3.63, 3.8) is 0 Å². The van der Waals surface area contributed by atoms with Crippen LogP contribution in [0.1, 0.15) is 31.8 Å². The van der Waals surface area contributed by atoms with Gasteiger partial charge in [0, 0.05) is 79.2 Å². The maximum absolute atomic E-state index is 13.2. The second kappa shape index (κ2) is 32.4. The number of ether oxygens (including phenoxy) is 7. The van der Waals surface area contributed by atoms with Crippen molar-refractivity contribution in [1.29, 1.82) is 0 Å². The number of thioether (sulfide) groups is 2. The lowest BCUT2D eigenvalue weighted by molar-refractivity contribution is 0.0434. The van der Waals surface area contributed by atoms with Gasteiger partial charge in [-0.3, -0.25) is 0 Å². The Morgan fingerprint density at radius 2 is 1.01 bits per heavy atom. The zero-order valence-corrected chi connectivity index (χ0v) is 43.3. The number of esters is 1. The number of carbonyl (C=O) groups is 2. The van der Waals surface area contributed by atoms with Gasteiger partial charge in [-0.25, -0.2) is 9.59 Å². The second-order valence-corrected chi connectivity index (χ2v) is 29.9.